The second-order valence-electron chi connectivity index (χ2n) is 3.95. The van der Waals surface area contributed by atoms with E-state index in [2.05, 4.69) is 5.32 Å². The van der Waals surface area contributed by atoms with E-state index in [4.69, 9.17) is 10.5 Å². The summed E-state index contributed by atoms with van der Waals surface area (Å²) in [7, 11) is 0. The number of nitrogens with two attached hydrogens (primary N) is 1. The molecule has 2 atom stereocenters. The predicted molar refractivity (Wildman–Crippen MR) is 54.8 cm³/mol. The highest BCUT2D eigenvalue weighted by Crippen LogP contribution is 2.15. The standard InChI is InChI=1S/C10H20N2O2/c1-8(6-11)10(13)12-4-2-9-3-5-14-7-9/h8-9H,2-7,11H2,1H3,(H,12,13). The average Bonchev–Trinajstić information content (AvgIpc) is 2.69. The average molecular weight is 200 g/mol. The summed E-state index contributed by atoms with van der Waals surface area (Å²) >= 11 is 0. The lowest BCUT2D eigenvalue weighted by atomic mass is 10.1. The second-order valence-corrected chi connectivity index (χ2v) is 3.95. The molecule has 1 heterocycles. The fourth-order valence-electron chi connectivity index (χ4n) is 1.49. The van der Waals surface area contributed by atoms with E-state index in [1.807, 2.05) is 6.92 Å². The van der Waals surface area contributed by atoms with Crippen LogP contribution < -0.4 is 11.1 Å². The first-order valence-electron chi connectivity index (χ1n) is 5.29. The molecule has 0 aliphatic carbocycles. The van der Waals surface area contributed by atoms with Gasteiger partial charge in [-0.1, -0.05) is 6.92 Å². The number of ether oxygens (including phenoxy) is 1. The monoisotopic (exact) mass is 200 g/mol. The first kappa shape index (κ1) is 11.5. The van der Waals surface area contributed by atoms with Crippen LogP contribution in [0.25, 0.3) is 0 Å². The van der Waals surface area contributed by atoms with Gasteiger partial charge in [0.25, 0.3) is 0 Å². The van der Waals surface area contributed by atoms with Gasteiger partial charge >= 0.3 is 0 Å². The third kappa shape index (κ3) is 3.64. The van der Waals surface area contributed by atoms with E-state index in [-0.39, 0.29) is 11.8 Å². The fourth-order valence-corrected chi connectivity index (χ4v) is 1.49. The maximum absolute atomic E-state index is 11.3. The van der Waals surface area contributed by atoms with Gasteiger partial charge in [0.15, 0.2) is 0 Å². The van der Waals surface area contributed by atoms with Crippen molar-refractivity contribution >= 4 is 5.91 Å². The van der Waals surface area contributed by atoms with Gasteiger partial charge in [-0.2, -0.15) is 0 Å². The minimum atomic E-state index is -0.0742. The van der Waals surface area contributed by atoms with Crippen molar-refractivity contribution in [1.29, 1.82) is 0 Å². The summed E-state index contributed by atoms with van der Waals surface area (Å²) < 4.78 is 5.25. The van der Waals surface area contributed by atoms with Crippen LogP contribution in [0, 0.1) is 11.8 Å². The number of carbonyl (C=O) groups is 1. The first-order valence-corrected chi connectivity index (χ1v) is 5.29. The summed E-state index contributed by atoms with van der Waals surface area (Å²) in [5, 5.41) is 2.89. The van der Waals surface area contributed by atoms with Crippen LogP contribution in [0.4, 0.5) is 0 Å². The highest BCUT2D eigenvalue weighted by molar-refractivity contribution is 5.78. The van der Waals surface area contributed by atoms with Gasteiger partial charge in [0.1, 0.15) is 0 Å². The van der Waals surface area contributed by atoms with E-state index in [1.165, 1.54) is 0 Å². The molecule has 14 heavy (non-hydrogen) atoms. The van der Waals surface area contributed by atoms with Crippen LogP contribution in [-0.4, -0.2) is 32.2 Å². The fraction of sp³-hybridized carbons (Fsp3) is 0.900. The number of carbonyl (C=O) groups excluding carboxylic acids is 1. The Morgan fingerprint density at radius 2 is 2.50 bits per heavy atom. The highest BCUT2D eigenvalue weighted by atomic mass is 16.5. The molecule has 4 heteroatoms. The van der Waals surface area contributed by atoms with Crippen LogP contribution >= 0.6 is 0 Å². The van der Waals surface area contributed by atoms with Crippen molar-refractivity contribution in [3.8, 4) is 0 Å². The molecule has 1 aliphatic rings. The maximum atomic E-state index is 11.3. The molecule has 3 N–H and O–H groups in total. The Morgan fingerprint density at radius 1 is 1.71 bits per heavy atom. The molecule has 0 aromatic heterocycles. The van der Waals surface area contributed by atoms with Crippen molar-refractivity contribution < 1.29 is 9.53 Å². The van der Waals surface area contributed by atoms with Crippen molar-refractivity contribution in [2.24, 2.45) is 17.6 Å². The largest absolute Gasteiger partial charge is 0.381 e. The van der Waals surface area contributed by atoms with Gasteiger partial charge < -0.3 is 15.8 Å². The Morgan fingerprint density at radius 3 is 3.07 bits per heavy atom. The number of hydrogen-bond acceptors (Lipinski definition) is 3. The zero-order valence-electron chi connectivity index (χ0n) is 8.79. The van der Waals surface area contributed by atoms with Crippen LogP contribution in [0.1, 0.15) is 19.8 Å². The molecule has 0 aromatic rings. The Bertz CT molecular complexity index is 179. The second kappa shape index (κ2) is 5.98. The Balaban J connectivity index is 2.05. The molecule has 4 nitrogen and oxygen atoms in total. The third-order valence-corrected chi connectivity index (χ3v) is 2.68. The minimum absolute atomic E-state index is 0.0615. The van der Waals surface area contributed by atoms with Gasteiger partial charge in [-0.25, -0.2) is 0 Å². The number of rotatable bonds is 5. The van der Waals surface area contributed by atoms with E-state index < -0.39 is 0 Å². The first-order chi connectivity index (χ1) is 6.74. The molecule has 0 bridgehead atoms. The van der Waals surface area contributed by atoms with Crippen molar-refractivity contribution in [3.63, 3.8) is 0 Å². The minimum Gasteiger partial charge on any atom is -0.381 e. The molecule has 1 amide bonds. The number of amides is 1. The molecule has 0 aromatic carbocycles. The van der Waals surface area contributed by atoms with Crippen LogP contribution in [0.5, 0.6) is 0 Å². The number of hydrogen-bond donors (Lipinski definition) is 2. The summed E-state index contributed by atoms with van der Waals surface area (Å²) in [6.45, 7) is 4.73. The van der Waals surface area contributed by atoms with E-state index in [9.17, 15) is 4.79 Å². The smallest absolute Gasteiger partial charge is 0.224 e. The Kier molecular flexibility index (Phi) is 4.90. The zero-order valence-corrected chi connectivity index (χ0v) is 8.79. The van der Waals surface area contributed by atoms with Crippen LogP contribution in [0.2, 0.25) is 0 Å². The summed E-state index contributed by atoms with van der Waals surface area (Å²) in [5.41, 5.74) is 5.39. The van der Waals surface area contributed by atoms with E-state index in [0.717, 1.165) is 32.6 Å². The lowest BCUT2D eigenvalue weighted by molar-refractivity contribution is -0.124. The summed E-state index contributed by atoms with van der Waals surface area (Å²) in [6.07, 6.45) is 2.14. The number of nitrogens with one attached hydrogen (secondary N) is 1. The lowest BCUT2D eigenvalue weighted by Crippen LogP contribution is -2.34. The quantitative estimate of drug-likeness (QED) is 0.662. The molecule has 0 radical (unpaired) electrons. The van der Waals surface area contributed by atoms with Gasteiger partial charge in [-0.3, -0.25) is 4.79 Å². The van der Waals surface area contributed by atoms with E-state index in [0.29, 0.717) is 12.5 Å². The molecule has 0 spiro atoms. The molecule has 1 fully saturated rings. The van der Waals surface area contributed by atoms with Gasteiger partial charge in [0.05, 0.1) is 0 Å². The van der Waals surface area contributed by atoms with Crippen molar-refractivity contribution in [3.05, 3.63) is 0 Å². The van der Waals surface area contributed by atoms with E-state index in [1.54, 1.807) is 0 Å². The van der Waals surface area contributed by atoms with Gasteiger partial charge in [0, 0.05) is 32.2 Å². The van der Waals surface area contributed by atoms with Crippen LogP contribution in [-0.2, 0) is 9.53 Å². The molecule has 1 aliphatic heterocycles. The molecule has 1 rings (SSSR count). The molecule has 2 unspecified atom stereocenters. The summed E-state index contributed by atoms with van der Waals surface area (Å²) in [4.78, 5) is 11.3. The van der Waals surface area contributed by atoms with Gasteiger partial charge in [-0.15, -0.1) is 0 Å². The van der Waals surface area contributed by atoms with Crippen molar-refractivity contribution in [1.82, 2.24) is 5.32 Å². The zero-order chi connectivity index (χ0) is 10.4. The summed E-state index contributed by atoms with van der Waals surface area (Å²) in [6, 6.07) is 0. The maximum Gasteiger partial charge on any atom is 0.224 e. The predicted octanol–water partition coefficient (Wildman–Crippen LogP) is 0.124. The molecule has 1 saturated heterocycles. The molecular weight excluding hydrogens is 180 g/mol. The molecule has 0 saturated carbocycles. The third-order valence-electron chi connectivity index (χ3n) is 2.68. The van der Waals surface area contributed by atoms with Crippen LogP contribution in [0.3, 0.4) is 0 Å². The molecule has 82 valence electrons. The Hall–Kier alpha value is -0.610. The van der Waals surface area contributed by atoms with Gasteiger partial charge in [0.2, 0.25) is 5.91 Å². The van der Waals surface area contributed by atoms with Crippen LogP contribution in [0.15, 0.2) is 0 Å². The van der Waals surface area contributed by atoms with E-state index >= 15 is 0 Å². The SMILES string of the molecule is CC(CN)C(=O)NCCC1CCOC1. The Labute approximate surface area is 85.2 Å². The topological polar surface area (TPSA) is 64.4 Å². The normalized spacial score (nSPS) is 23.4. The van der Waals surface area contributed by atoms with Crippen molar-refractivity contribution in [2.75, 3.05) is 26.3 Å². The molecular formula is C10H20N2O2. The van der Waals surface area contributed by atoms with Gasteiger partial charge in [-0.05, 0) is 18.8 Å². The lowest BCUT2D eigenvalue weighted by Gasteiger charge is -2.11. The highest BCUT2D eigenvalue weighted by Gasteiger charge is 2.16. The summed E-state index contributed by atoms with van der Waals surface area (Å²) in [5.74, 6) is 0.615. The van der Waals surface area contributed by atoms with Crippen molar-refractivity contribution in [2.45, 2.75) is 19.8 Å².